The molecule has 0 saturated carbocycles. The highest BCUT2D eigenvalue weighted by Gasteiger charge is 2.25. The van der Waals surface area contributed by atoms with Crippen molar-refractivity contribution in [3.63, 3.8) is 0 Å². The SMILES string of the molecule is O=C(NCc1cncc2ccccc12)c1[nH]c(-c2ccc[nH+]c2)[n+]2ccccc12. The molecule has 6 heteroatoms. The summed E-state index contributed by atoms with van der Waals surface area (Å²) in [6.45, 7) is 0.402. The topological polar surface area (TPSA) is 76.0 Å². The quantitative estimate of drug-likeness (QED) is 0.470. The maximum Gasteiger partial charge on any atom is 0.298 e. The Hall–Kier alpha value is -4.06. The van der Waals surface area contributed by atoms with E-state index in [0.717, 1.165) is 33.2 Å². The van der Waals surface area contributed by atoms with Gasteiger partial charge in [0.2, 0.25) is 5.69 Å². The van der Waals surface area contributed by atoms with Crippen molar-refractivity contribution in [2.75, 3.05) is 0 Å². The minimum absolute atomic E-state index is 0.159. The molecule has 5 rings (SSSR count). The Balaban J connectivity index is 1.49. The predicted molar refractivity (Wildman–Crippen MR) is 109 cm³/mol. The van der Waals surface area contributed by atoms with Crippen molar-refractivity contribution in [3.8, 4) is 11.4 Å². The van der Waals surface area contributed by atoms with Gasteiger partial charge < -0.3 is 5.32 Å². The lowest BCUT2D eigenvalue weighted by molar-refractivity contribution is -0.499. The highest BCUT2D eigenvalue weighted by molar-refractivity contribution is 5.98. The maximum atomic E-state index is 13.0. The zero-order valence-corrected chi connectivity index (χ0v) is 15.6. The first-order valence-corrected chi connectivity index (χ1v) is 9.40. The van der Waals surface area contributed by atoms with Gasteiger partial charge in [0, 0.05) is 30.4 Å². The molecule has 0 aliphatic rings. The number of fused-ring (bicyclic) bond motifs is 2. The summed E-state index contributed by atoms with van der Waals surface area (Å²) in [4.78, 5) is 23.7. The average Bonchev–Trinajstić information content (AvgIpc) is 3.18. The summed E-state index contributed by atoms with van der Waals surface area (Å²) in [5, 5.41) is 5.18. The molecule has 0 bridgehead atoms. The van der Waals surface area contributed by atoms with Crippen molar-refractivity contribution in [1.29, 1.82) is 0 Å². The fourth-order valence-corrected chi connectivity index (χ4v) is 3.59. The minimum Gasteiger partial charge on any atom is -0.345 e. The number of benzene rings is 1. The number of nitrogens with one attached hydrogen (secondary N) is 3. The number of H-pyrrole nitrogens is 2. The standard InChI is InChI=1S/C23H17N5O/c29-23(26-15-18-14-25-12-16-6-1-2-8-19(16)18)21-20-9-3-4-11-28(20)22(27-21)17-7-5-10-24-13-17/h1-14H,15H2,(H,26,29)/p+2. The first-order valence-electron chi connectivity index (χ1n) is 9.40. The molecule has 6 nitrogen and oxygen atoms in total. The number of carbonyl (C=O) groups is 1. The smallest absolute Gasteiger partial charge is 0.298 e. The van der Waals surface area contributed by atoms with Crippen LogP contribution >= 0.6 is 0 Å². The van der Waals surface area contributed by atoms with E-state index in [1.54, 1.807) is 6.20 Å². The minimum atomic E-state index is -0.159. The number of nitrogens with zero attached hydrogens (tertiary/aromatic N) is 2. The Morgan fingerprint density at radius 2 is 1.97 bits per heavy atom. The molecule has 4 heterocycles. The molecular weight excluding hydrogens is 362 g/mol. The summed E-state index contributed by atoms with van der Waals surface area (Å²) in [6, 6.07) is 17.8. The number of pyridine rings is 3. The lowest BCUT2D eigenvalue weighted by atomic mass is 10.1. The van der Waals surface area contributed by atoms with Crippen molar-refractivity contribution in [3.05, 3.63) is 96.8 Å². The first-order chi connectivity index (χ1) is 14.3. The van der Waals surface area contributed by atoms with E-state index in [1.165, 1.54) is 0 Å². The molecule has 0 aliphatic carbocycles. The summed E-state index contributed by atoms with van der Waals surface area (Å²) >= 11 is 0. The maximum absolute atomic E-state index is 13.0. The molecule has 3 N–H and O–H groups in total. The van der Waals surface area contributed by atoms with E-state index in [4.69, 9.17) is 0 Å². The van der Waals surface area contributed by atoms with Crippen molar-refractivity contribution >= 4 is 22.2 Å². The Morgan fingerprint density at radius 1 is 1.07 bits per heavy atom. The van der Waals surface area contributed by atoms with Crippen molar-refractivity contribution in [2.45, 2.75) is 6.54 Å². The molecule has 5 aromatic rings. The van der Waals surface area contributed by atoms with E-state index < -0.39 is 0 Å². The highest BCUT2D eigenvalue weighted by Crippen LogP contribution is 2.18. The van der Waals surface area contributed by atoms with Gasteiger partial charge in [-0.15, -0.1) is 0 Å². The molecule has 0 spiro atoms. The molecule has 0 aliphatic heterocycles. The van der Waals surface area contributed by atoms with Crippen molar-refractivity contribution < 1.29 is 14.2 Å². The van der Waals surface area contributed by atoms with Gasteiger partial charge in [0.15, 0.2) is 17.9 Å². The molecule has 0 radical (unpaired) electrons. The molecule has 1 amide bonds. The zero-order valence-electron chi connectivity index (χ0n) is 15.6. The molecule has 29 heavy (non-hydrogen) atoms. The summed E-state index contributed by atoms with van der Waals surface area (Å²) < 4.78 is 1.98. The van der Waals surface area contributed by atoms with E-state index in [-0.39, 0.29) is 5.91 Å². The van der Waals surface area contributed by atoms with Crippen LogP contribution in [0.2, 0.25) is 0 Å². The second-order valence-corrected chi connectivity index (χ2v) is 6.80. The van der Waals surface area contributed by atoms with Gasteiger partial charge in [-0.1, -0.05) is 30.3 Å². The van der Waals surface area contributed by atoms with Crippen LogP contribution in [0.25, 0.3) is 27.7 Å². The number of aromatic nitrogens is 4. The molecule has 1 aromatic carbocycles. The van der Waals surface area contributed by atoms with Crippen molar-refractivity contribution in [1.82, 2.24) is 15.3 Å². The fourth-order valence-electron chi connectivity index (χ4n) is 3.59. The van der Waals surface area contributed by atoms with Gasteiger partial charge in [-0.05, 0) is 29.1 Å². The Labute approximate surface area is 166 Å². The third-order valence-electron chi connectivity index (χ3n) is 5.00. The summed E-state index contributed by atoms with van der Waals surface area (Å²) in [5.74, 6) is 0.683. The van der Waals surface area contributed by atoms with E-state index >= 15 is 0 Å². The highest BCUT2D eigenvalue weighted by atomic mass is 16.1. The van der Waals surface area contributed by atoms with Crippen LogP contribution < -0.4 is 14.7 Å². The normalized spacial score (nSPS) is 11.0. The number of imidazole rings is 1. The van der Waals surface area contributed by atoms with Gasteiger partial charge in [0.1, 0.15) is 5.56 Å². The third-order valence-corrected chi connectivity index (χ3v) is 5.00. The van der Waals surface area contributed by atoms with Gasteiger partial charge in [-0.3, -0.25) is 9.78 Å². The number of rotatable bonds is 4. The van der Waals surface area contributed by atoms with E-state index in [2.05, 4.69) is 20.3 Å². The monoisotopic (exact) mass is 381 g/mol. The molecular formula is C23H19N5O+2. The predicted octanol–water partition coefficient (Wildman–Crippen LogP) is 2.71. The number of amides is 1. The fraction of sp³-hybridized carbons (Fsp3) is 0.0435. The van der Waals surface area contributed by atoms with Gasteiger partial charge in [-0.2, -0.15) is 4.40 Å². The Kier molecular flexibility index (Phi) is 4.22. The van der Waals surface area contributed by atoms with Gasteiger partial charge in [-0.25, -0.2) is 9.97 Å². The molecule has 0 fully saturated rings. The number of carbonyl (C=O) groups excluding carboxylic acids is 1. The summed E-state index contributed by atoms with van der Waals surface area (Å²) in [6.07, 6.45) is 9.33. The van der Waals surface area contributed by atoms with E-state index in [9.17, 15) is 4.79 Å². The third kappa shape index (κ3) is 3.10. The number of hydrogen-bond acceptors (Lipinski definition) is 2. The second-order valence-electron chi connectivity index (χ2n) is 6.80. The van der Waals surface area contributed by atoms with Crippen LogP contribution in [0.15, 0.2) is 85.6 Å². The lowest BCUT2D eigenvalue weighted by Gasteiger charge is -2.06. The molecule has 0 saturated heterocycles. The summed E-state index contributed by atoms with van der Waals surface area (Å²) in [7, 11) is 0. The van der Waals surface area contributed by atoms with Crippen molar-refractivity contribution in [2.24, 2.45) is 0 Å². The van der Waals surface area contributed by atoms with Gasteiger partial charge >= 0.3 is 0 Å². The van der Waals surface area contributed by atoms with Crippen LogP contribution in [-0.2, 0) is 6.54 Å². The molecule has 0 unspecified atom stereocenters. The lowest BCUT2D eigenvalue weighted by Crippen LogP contribution is -2.25. The molecule has 140 valence electrons. The van der Waals surface area contributed by atoms with Crippen LogP contribution in [-0.4, -0.2) is 15.9 Å². The van der Waals surface area contributed by atoms with Crippen LogP contribution in [0.4, 0.5) is 0 Å². The van der Waals surface area contributed by atoms with E-state index in [0.29, 0.717) is 12.2 Å². The Morgan fingerprint density at radius 3 is 2.86 bits per heavy atom. The number of aromatic amines is 2. The Bertz CT molecular complexity index is 1320. The van der Waals surface area contributed by atoms with Crippen LogP contribution in [0.1, 0.15) is 16.1 Å². The first kappa shape index (κ1) is 17.1. The van der Waals surface area contributed by atoms with Gasteiger partial charge in [0.05, 0.1) is 6.20 Å². The van der Waals surface area contributed by atoms with Crippen LogP contribution in [0.3, 0.4) is 0 Å². The zero-order chi connectivity index (χ0) is 19.6. The van der Waals surface area contributed by atoms with Crippen LogP contribution in [0, 0.1) is 0 Å². The largest absolute Gasteiger partial charge is 0.345 e. The summed E-state index contributed by atoms with van der Waals surface area (Å²) in [5.41, 5.74) is 3.29. The molecule has 0 atom stereocenters. The van der Waals surface area contributed by atoms with E-state index in [1.807, 2.05) is 83.8 Å². The van der Waals surface area contributed by atoms with Gasteiger partial charge in [0.25, 0.3) is 11.7 Å². The molecule has 4 aromatic heterocycles. The second kappa shape index (κ2) is 7.16. The average molecular weight is 381 g/mol. The number of hydrogen-bond donors (Lipinski definition) is 2. The van der Waals surface area contributed by atoms with Crippen LogP contribution in [0.5, 0.6) is 0 Å².